The maximum Gasteiger partial charge on any atom is 0.219 e. The molecule has 0 bridgehead atoms. The summed E-state index contributed by atoms with van der Waals surface area (Å²) in [7, 11) is 0. The first-order chi connectivity index (χ1) is 6.83. The molecule has 0 aromatic carbocycles. The molecule has 1 rings (SSSR count). The fraction of sp³-hybridized carbons (Fsp3) is 0.700. The zero-order valence-electron chi connectivity index (χ0n) is 8.62. The van der Waals surface area contributed by atoms with E-state index < -0.39 is 0 Å². The summed E-state index contributed by atoms with van der Waals surface area (Å²) < 4.78 is 0. The molecule has 0 aliphatic carbocycles. The SMILES string of the molecule is CCC(=O)NCCCC1=NCCN=C1.[HH]. The van der Waals surface area contributed by atoms with Crippen LogP contribution in [0.4, 0.5) is 0 Å². The highest BCUT2D eigenvalue weighted by atomic mass is 16.1. The lowest BCUT2D eigenvalue weighted by atomic mass is 10.2. The van der Waals surface area contributed by atoms with E-state index in [-0.39, 0.29) is 7.33 Å². The summed E-state index contributed by atoms with van der Waals surface area (Å²) in [6.45, 7) is 4.22. The average Bonchev–Trinajstić information content (AvgIpc) is 2.25. The second-order valence-electron chi connectivity index (χ2n) is 3.22. The van der Waals surface area contributed by atoms with Crippen LogP contribution in [-0.4, -0.2) is 37.5 Å². The molecule has 0 aromatic heterocycles. The summed E-state index contributed by atoms with van der Waals surface area (Å²) in [5.74, 6) is 0.115. The standard InChI is InChI=1S/C10H17N3O.H2/c1-2-10(14)13-5-3-4-9-8-11-6-7-12-9;/h8H,2-7H2,1H3,(H,13,14);1H. The Balaban J connectivity index is 0.00000196. The van der Waals surface area contributed by atoms with Gasteiger partial charge in [-0.2, -0.15) is 0 Å². The topological polar surface area (TPSA) is 53.8 Å². The molecule has 80 valence electrons. The third-order valence-corrected chi connectivity index (χ3v) is 2.04. The van der Waals surface area contributed by atoms with Gasteiger partial charge in [0, 0.05) is 20.6 Å². The lowest BCUT2D eigenvalue weighted by Gasteiger charge is -2.06. The van der Waals surface area contributed by atoms with Gasteiger partial charge in [-0.05, 0) is 12.8 Å². The summed E-state index contributed by atoms with van der Waals surface area (Å²) in [5.41, 5.74) is 1.06. The van der Waals surface area contributed by atoms with Gasteiger partial charge >= 0.3 is 0 Å². The number of hydrogen-bond donors (Lipinski definition) is 1. The number of nitrogens with one attached hydrogen (secondary N) is 1. The molecule has 1 aliphatic rings. The molecule has 0 saturated heterocycles. The molecule has 4 nitrogen and oxygen atoms in total. The Morgan fingerprint density at radius 2 is 2.50 bits per heavy atom. The van der Waals surface area contributed by atoms with E-state index >= 15 is 0 Å². The van der Waals surface area contributed by atoms with E-state index in [1.165, 1.54) is 0 Å². The van der Waals surface area contributed by atoms with Crippen molar-refractivity contribution in [1.29, 1.82) is 0 Å². The Bertz CT molecular complexity index is 251. The second kappa shape index (κ2) is 6.29. The molecular weight excluding hydrogens is 178 g/mol. The smallest absolute Gasteiger partial charge is 0.219 e. The zero-order chi connectivity index (χ0) is 10.2. The fourth-order valence-electron chi connectivity index (χ4n) is 1.23. The van der Waals surface area contributed by atoms with Gasteiger partial charge in [0.05, 0.1) is 18.8 Å². The second-order valence-corrected chi connectivity index (χ2v) is 3.22. The predicted octanol–water partition coefficient (Wildman–Crippen LogP) is 1.06. The van der Waals surface area contributed by atoms with Crippen LogP contribution in [0.3, 0.4) is 0 Å². The van der Waals surface area contributed by atoms with E-state index in [0.717, 1.165) is 38.2 Å². The van der Waals surface area contributed by atoms with Gasteiger partial charge in [0.25, 0.3) is 0 Å². The number of hydrogen-bond acceptors (Lipinski definition) is 3. The van der Waals surface area contributed by atoms with E-state index in [9.17, 15) is 4.79 Å². The van der Waals surface area contributed by atoms with Crippen LogP contribution < -0.4 is 5.32 Å². The van der Waals surface area contributed by atoms with Gasteiger partial charge in [-0.3, -0.25) is 14.8 Å². The summed E-state index contributed by atoms with van der Waals surface area (Å²) in [4.78, 5) is 19.4. The lowest BCUT2D eigenvalue weighted by molar-refractivity contribution is -0.120. The molecule has 0 spiro atoms. The van der Waals surface area contributed by atoms with Crippen molar-refractivity contribution in [3.05, 3.63) is 0 Å². The molecule has 0 unspecified atom stereocenters. The highest BCUT2D eigenvalue weighted by molar-refractivity contribution is 6.30. The van der Waals surface area contributed by atoms with Crippen LogP contribution in [0, 0.1) is 0 Å². The molecular formula is C10H19N3O. The molecule has 14 heavy (non-hydrogen) atoms. The number of carbonyl (C=O) groups excluding carboxylic acids is 1. The molecule has 0 radical (unpaired) electrons. The van der Waals surface area contributed by atoms with Crippen molar-refractivity contribution >= 4 is 17.8 Å². The minimum atomic E-state index is 0. The van der Waals surface area contributed by atoms with E-state index in [1.807, 2.05) is 13.1 Å². The van der Waals surface area contributed by atoms with Crippen LogP contribution in [-0.2, 0) is 4.79 Å². The Morgan fingerprint density at radius 3 is 3.14 bits per heavy atom. The molecule has 0 aromatic rings. The third kappa shape index (κ3) is 4.16. The first-order valence-electron chi connectivity index (χ1n) is 5.12. The largest absolute Gasteiger partial charge is 0.356 e. The number of amides is 1. The summed E-state index contributed by atoms with van der Waals surface area (Å²) in [6, 6.07) is 0. The van der Waals surface area contributed by atoms with E-state index in [0.29, 0.717) is 6.42 Å². The van der Waals surface area contributed by atoms with Gasteiger partial charge in [0.15, 0.2) is 0 Å². The van der Waals surface area contributed by atoms with Crippen LogP contribution in [0.1, 0.15) is 27.6 Å². The van der Waals surface area contributed by atoms with E-state index in [2.05, 4.69) is 15.3 Å². The summed E-state index contributed by atoms with van der Waals surface area (Å²) in [6.07, 6.45) is 4.25. The van der Waals surface area contributed by atoms with Crippen molar-refractivity contribution in [3.63, 3.8) is 0 Å². The predicted molar refractivity (Wildman–Crippen MR) is 60.3 cm³/mol. The summed E-state index contributed by atoms with van der Waals surface area (Å²) in [5, 5.41) is 2.83. The van der Waals surface area contributed by atoms with Crippen LogP contribution in [0.5, 0.6) is 0 Å². The average molecular weight is 197 g/mol. The van der Waals surface area contributed by atoms with Crippen molar-refractivity contribution in [2.24, 2.45) is 9.98 Å². The highest BCUT2D eigenvalue weighted by Crippen LogP contribution is 1.95. The van der Waals surface area contributed by atoms with E-state index in [4.69, 9.17) is 0 Å². The highest BCUT2D eigenvalue weighted by Gasteiger charge is 2.00. The van der Waals surface area contributed by atoms with E-state index in [1.54, 1.807) is 0 Å². The molecule has 0 atom stereocenters. The van der Waals surface area contributed by atoms with Gasteiger partial charge in [0.1, 0.15) is 0 Å². The monoisotopic (exact) mass is 197 g/mol. The quantitative estimate of drug-likeness (QED) is 0.658. The van der Waals surface area contributed by atoms with Crippen LogP contribution >= 0.6 is 0 Å². The van der Waals surface area contributed by atoms with Gasteiger partial charge in [0.2, 0.25) is 5.91 Å². The van der Waals surface area contributed by atoms with Crippen LogP contribution in [0.2, 0.25) is 0 Å². The minimum absolute atomic E-state index is 0. The van der Waals surface area contributed by atoms with Crippen LogP contribution in [0.15, 0.2) is 9.98 Å². The third-order valence-electron chi connectivity index (χ3n) is 2.04. The first kappa shape index (κ1) is 10.9. The molecule has 1 aliphatic heterocycles. The summed E-state index contributed by atoms with van der Waals surface area (Å²) >= 11 is 0. The maximum absolute atomic E-state index is 10.9. The Morgan fingerprint density at radius 1 is 1.64 bits per heavy atom. The van der Waals surface area contributed by atoms with Crippen molar-refractivity contribution in [3.8, 4) is 0 Å². The fourth-order valence-corrected chi connectivity index (χ4v) is 1.23. The maximum atomic E-state index is 10.9. The first-order valence-corrected chi connectivity index (χ1v) is 5.12. The van der Waals surface area contributed by atoms with Crippen molar-refractivity contribution in [2.45, 2.75) is 26.2 Å². The van der Waals surface area contributed by atoms with Gasteiger partial charge < -0.3 is 5.32 Å². The van der Waals surface area contributed by atoms with Crippen molar-refractivity contribution in [2.75, 3.05) is 19.6 Å². The Labute approximate surface area is 86.0 Å². The van der Waals surface area contributed by atoms with Gasteiger partial charge in [-0.15, -0.1) is 0 Å². The number of carbonyl (C=O) groups is 1. The minimum Gasteiger partial charge on any atom is -0.356 e. The Hall–Kier alpha value is -1.19. The van der Waals surface area contributed by atoms with Crippen molar-refractivity contribution < 1.29 is 6.22 Å². The Kier molecular flexibility index (Phi) is 4.89. The molecule has 0 saturated carbocycles. The molecule has 1 heterocycles. The van der Waals surface area contributed by atoms with Crippen molar-refractivity contribution in [1.82, 2.24) is 5.32 Å². The lowest BCUT2D eigenvalue weighted by Crippen LogP contribution is -2.24. The normalized spacial score (nSPS) is 15.1. The van der Waals surface area contributed by atoms with Gasteiger partial charge in [-0.1, -0.05) is 6.92 Å². The molecule has 1 amide bonds. The van der Waals surface area contributed by atoms with Crippen LogP contribution in [0.25, 0.3) is 0 Å². The molecule has 4 heteroatoms. The number of nitrogens with zero attached hydrogens (tertiary/aromatic N) is 2. The van der Waals surface area contributed by atoms with Gasteiger partial charge in [-0.25, -0.2) is 0 Å². The number of rotatable bonds is 5. The molecule has 0 fully saturated rings. The molecule has 1 N–H and O–H groups in total. The number of aliphatic imine (C=N–C) groups is 2. The zero-order valence-corrected chi connectivity index (χ0v) is 8.62.